The second kappa shape index (κ2) is 8.51. The van der Waals surface area contributed by atoms with Gasteiger partial charge in [-0.25, -0.2) is 0 Å². The number of hydrogen-bond acceptors (Lipinski definition) is 3. The molecule has 2 atom stereocenters. The average molecular weight is 309 g/mol. The Morgan fingerprint density at radius 1 is 1.23 bits per heavy atom. The molecule has 22 heavy (non-hydrogen) atoms. The van der Waals surface area contributed by atoms with Crippen molar-refractivity contribution >= 4 is 11.8 Å². The van der Waals surface area contributed by atoms with Gasteiger partial charge in [-0.3, -0.25) is 9.59 Å². The lowest BCUT2D eigenvalue weighted by Gasteiger charge is -2.34. The van der Waals surface area contributed by atoms with Crippen LogP contribution in [0.25, 0.3) is 0 Å². The van der Waals surface area contributed by atoms with E-state index in [0.29, 0.717) is 19.6 Å². The predicted molar refractivity (Wildman–Crippen MR) is 87.1 cm³/mol. The van der Waals surface area contributed by atoms with E-state index in [-0.39, 0.29) is 23.7 Å². The highest BCUT2D eigenvalue weighted by Gasteiger charge is 2.31. The first-order valence-electron chi connectivity index (χ1n) is 8.88. The van der Waals surface area contributed by atoms with E-state index >= 15 is 0 Å². The quantitative estimate of drug-likeness (QED) is 0.781. The molecular formula is C17H31N3O2. The van der Waals surface area contributed by atoms with Gasteiger partial charge in [0.15, 0.2) is 0 Å². The number of nitrogens with one attached hydrogen (secondary N) is 1. The molecule has 2 fully saturated rings. The summed E-state index contributed by atoms with van der Waals surface area (Å²) in [5.41, 5.74) is 5.42. The lowest BCUT2D eigenvalue weighted by atomic mass is 9.91. The van der Waals surface area contributed by atoms with Crippen molar-refractivity contribution in [3.63, 3.8) is 0 Å². The molecule has 2 amide bonds. The molecule has 0 radical (unpaired) electrons. The molecule has 2 rings (SSSR count). The van der Waals surface area contributed by atoms with Crippen molar-refractivity contribution in [1.82, 2.24) is 10.2 Å². The maximum Gasteiger partial charge on any atom is 0.225 e. The van der Waals surface area contributed by atoms with Crippen LogP contribution in [0.4, 0.5) is 0 Å². The molecule has 5 heteroatoms. The molecular weight excluding hydrogens is 278 g/mol. The predicted octanol–water partition coefficient (Wildman–Crippen LogP) is 1.52. The van der Waals surface area contributed by atoms with Gasteiger partial charge in [-0.1, -0.05) is 32.6 Å². The van der Waals surface area contributed by atoms with E-state index in [1.165, 1.54) is 25.7 Å². The molecule has 0 bridgehead atoms. The van der Waals surface area contributed by atoms with E-state index in [1.54, 1.807) is 0 Å². The minimum atomic E-state index is -0.0667. The van der Waals surface area contributed by atoms with Crippen molar-refractivity contribution < 1.29 is 9.59 Å². The minimum Gasteiger partial charge on any atom is -0.355 e. The number of hydrogen-bond donors (Lipinski definition) is 2. The van der Waals surface area contributed by atoms with Crippen molar-refractivity contribution in [2.24, 2.45) is 23.5 Å². The molecule has 2 unspecified atom stereocenters. The molecule has 5 nitrogen and oxygen atoms in total. The number of nitrogens with zero attached hydrogens (tertiary/aromatic N) is 1. The van der Waals surface area contributed by atoms with Gasteiger partial charge >= 0.3 is 0 Å². The molecule has 0 spiro atoms. The summed E-state index contributed by atoms with van der Waals surface area (Å²) in [6.45, 7) is 4.40. The van der Waals surface area contributed by atoms with E-state index in [0.717, 1.165) is 31.7 Å². The van der Waals surface area contributed by atoms with Crippen molar-refractivity contribution in [2.75, 3.05) is 26.2 Å². The van der Waals surface area contributed by atoms with Crippen LogP contribution in [0.2, 0.25) is 0 Å². The molecule has 0 aromatic heterocycles. The van der Waals surface area contributed by atoms with Crippen LogP contribution in [0.1, 0.15) is 51.9 Å². The van der Waals surface area contributed by atoms with Gasteiger partial charge < -0.3 is 16.0 Å². The topological polar surface area (TPSA) is 75.4 Å². The number of likely N-dealkylation sites (tertiary alicyclic amines) is 1. The summed E-state index contributed by atoms with van der Waals surface area (Å²) in [5.74, 6) is 1.04. The van der Waals surface area contributed by atoms with E-state index in [2.05, 4.69) is 12.2 Å². The molecule has 0 aromatic carbocycles. The fourth-order valence-corrected chi connectivity index (χ4v) is 3.89. The van der Waals surface area contributed by atoms with Gasteiger partial charge in [-0.2, -0.15) is 0 Å². The molecule has 126 valence electrons. The zero-order valence-electron chi connectivity index (χ0n) is 13.9. The maximum atomic E-state index is 12.6. The van der Waals surface area contributed by atoms with Crippen LogP contribution in [-0.4, -0.2) is 42.9 Å². The Morgan fingerprint density at radius 2 is 1.95 bits per heavy atom. The zero-order chi connectivity index (χ0) is 15.9. The summed E-state index contributed by atoms with van der Waals surface area (Å²) in [5, 5.41) is 2.85. The largest absolute Gasteiger partial charge is 0.355 e. The minimum absolute atomic E-state index is 0.0476. The first-order chi connectivity index (χ1) is 10.6. The SMILES string of the molecule is CC(CC1CCCC1)C(=O)N1CCCC(C(=O)NCCN)C1. The van der Waals surface area contributed by atoms with Crippen LogP contribution in [0.3, 0.4) is 0 Å². The number of rotatable bonds is 6. The van der Waals surface area contributed by atoms with Gasteiger partial charge in [0.2, 0.25) is 11.8 Å². The van der Waals surface area contributed by atoms with Gasteiger partial charge in [0.05, 0.1) is 5.92 Å². The average Bonchev–Trinajstić information content (AvgIpc) is 3.04. The van der Waals surface area contributed by atoms with Gasteiger partial charge in [-0.05, 0) is 25.2 Å². The van der Waals surface area contributed by atoms with E-state index in [9.17, 15) is 9.59 Å². The van der Waals surface area contributed by atoms with E-state index < -0.39 is 0 Å². The second-order valence-corrected chi connectivity index (χ2v) is 6.99. The summed E-state index contributed by atoms with van der Waals surface area (Å²) in [6.07, 6.45) is 8.00. The second-order valence-electron chi connectivity index (χ2n) is 6.99. The van der Waals surface area contributed by atoms with Crippen LogP contribution in [0, 0.1) is 17.8 Å². The summed E-state index contributed by atoms with van der Waals surface area (Å²) in [6, 6.07) is 0. The molecule has 0 aromatic rings. The Bertz CT molecular complexity index is 380. The van der Waals surface area contributed by atoms with Crippen LogP contribution >= 0.6 is 0 Å². The first-order valence-corrected chi connectivity index (χ1v) is 8.88. The summed E-state index contributed by atoms with van der Waals surface area (Å²) >= 11 is 0. The molecule has 1 saturated carbocycles. The monoisotopic (exact) mass is 309 g/mol. The van der Waals surface area contributed by atoms with Gasteiger partial charge in [0, 0.05) is 32.1 Å². The standard InChI is InChI=1S/C17H31N3O2/c1-13(11-14-5-2-3-6-14)17(22)20-10-4-7-15(12-20)16(21)19-9-8-18/h13-15H,2-12,18H2,1H3,(H,19,21). The molecule has 1 saturated heterocycles. The highest BCUT2D eigenvalue weighted by molar-refractivity contribution is 5.82. The van der Waals surface area contributed by atoms with Crippen molar-refractivity contribution in [3.8, 4) is 0 Å². The maximum absolute atomic E-state index is 12.6. The van der Waals surface area contributed by atoms with Crippen LogP contribution in [0.5, 0.6) is 0 Å². The Kier molecular flexibility index (Phi) is 6.68. The number of piperidine rings is 1. The number of carbonyl (C=O) groups is 2. The Labute approximate surface area is 134 Å². The summed E-state index contributed by atoms with van der Waals surface area (Å²) < 4.78 is 0. The molecule has 1 aliphatic carbocycles. The fraction of sp³-hybridized carbons (Fsp3) is 0.882. The molecule has 1 heterocycles. The lowest BCUT2D eigenvalue weighted by molar-refractivity contribution is -0.139. The Morgan fingerprint density at radius 3 is 2.64 bits per heavy atom. The highest BCUT2D eigenvalue weighted by atomic mass is 16.2. The Hall–Kier alpha value is -1.10. The van der Waals surface area contributed by atoms with Gasteiger partial charge in [0.1, 0.15) is 0 Å². The van der Waals surface area contributed by atoms with Gasteiger partial charge in [0.25, 0.3) is 0 Å². The number of amides is 2. The van der Waals surface area contributed by atoms with Crippen LogP contribution in [0.15, 0.2) is 0 Å². The molecule has 3 N–H and O–H groups in total. The lowest BCUT2D eigenvalue weighted by Crippen LogP contribution is -2.47. The third-order valence-electron chi connectivity index (χ3n) is 5.13. The third kappa shape index (κ3) is 4.70. The van der Waals surface area contributed by atoms with Crippen LogP contribution < -0.4 is 11.1 Å². The number of carbonyl (C=O) groups excluding carboxylic acids is 2. The van der Waals surface area contributed by atoms with Crippen molar-refractivity contribution in [2.45, 2.75) is 51.9 Å². The zero-order valence-corrected chi connectivity index (χ0v) is 13.9. The number of nitrogens with two attached hydrogens (primary N) is 1. The fourth-order valence-electron chi connectivity index (χ4n) is 3.89. The summed E-state index contributed by atoms with van der Waals surface area (Å²) in [7, 11) is 0. The van der Waals surface area contributed by atoms with E-state index in [4.69, 9.17) is 5.73 Å². The van der Waals surface area contributed by atoms with Crippen molar-refractivity contribution in [1.29, 1.82) is 0 Å². The summed E-state index contributed by atoms with van der Waals surface area (Å²) in [4.78, 5) is 26.6. The normalized spacial score (nSPS) is 24.3. The van der Waals surface area contributed by atoms with E-state index in [1.807, 2.05) is 4.90 Å². The molecule has 1 aliphatic heterocycles. The van der Waals surface area contributed by atoms with Crippen LogP contribution in [-0.2, 0) is 9.59 Å². The third-order valence-corrected chi connectivity index (χ3v) is 5.13. The molecule has 2 aliphatic rings. The van der Waals surface area contributed by atoms with Crippen molar-refractivity contribution in [3.05, 3.63) is 0 Å². The first kappa shape index (κ1) is 17.3. The van der Waals surface area contributed by atoms with Gasteiger partial charge in [-0.15, -0.1) is 0 Å². The highest BCUT2D eigenvalue weighted by Crippen LogP contribution is 2.31. The Balaban J connectivity index is 1.82. The smallest absolute Gasteiger partial charge is 0.225 e.